The van der Waals surface area contributed by atoms with E-state index in [0.29, 0.717) is 48.3 Å². The molecule has 0 spiro atoms. The minimum atomic E-state index is -3.51. The van der Waals surface area contributed by atoms with Crippen molar-refractivity contribution in [3.05, 3.63) is 77.7 Å². The number of H-pyrrole nitrogens is 1. The van der Waals surface area contributed by atoms with Crippen molar-refractivity contribution in [2.45, 2.75) is 68.6 Å². The Balaban J connectivity index is 1.13. The SMILES string of the molecule is CC(C)S(=O)(=O)c1ccccc1Nc1nc(Cc2cccc(CC(=O)CN3CCC(N4CCCC4)CC3)c2)nc2cc[nH]c12. The van der Waals surface area contributed by atoms with Crippen LogP contribution in [-0.4, -0.2) is 83.0 Å². The minimum absolute atomic E-state index is 0.239. The number of anilines is 2. The Labute approximate surface area is 260 Å². The van der Waals surface area contributed by atoms with Gasteiger partial charge in [-0.05, 0) is 81.9 Å². The quantitative estimate of drug-likeness (QED) is 0.239. The van der Waals surface area contributed by atoms with Gasteiger partial charge in [0.2, 0.25) is 0 Å². The van der Waals surface area contributed by atoms with Crippen molar-refractivity contribution in [3.8, 4) is 0 Å². The summed E-state index contributed by atoms with van der Waals surface area (Å²) >= 11 is 0. The highest BCUT2D eigenvalue weighted by Gasteiger charge is 2.27. The van der Waals surface area contributed by atoms with E-state index >= 15 is 0 Å². The van der Waals surface area contributed by atoms with Crippen molar-refractivity contribution in [2.24, 2.45) is 0 Å². The smallest absolute Gasteiger partial charge is 0.182 e. The Morgan fingerprint density at radius 2 is 1.73 bits per heavy atom. The first kappa shape index (κ1) is 30.4. The fourth-order valence-corrected chi connectivity index (χ4v) is 7.68. The minimum Gasteiger partial charge on any atom is -0.357 e. The van der Waals surface area contributed by atoms with Crippen molar-refractivity contribution >= 4 is 38.2 Å². The van der Waals surface area contributed by atoms with E-state index in [-0.39, 0.29) is 10.7 Å². The number of para-hydroxylation sites is 1. The number of likely N-dealkylation sites (tertiary alicyclic amines) is 2. The number of hydrogen-bond donors (Lipinski definition) is 2. The standard InChI is InChI=1S/C34H42N6O3S/c1-24(2)44(42,43)31-11-4-3-10-29(31)37-34-33-30(12-15-35-33)36-32(38-34)22-26-9-7-8-25(20-26)21-28(41)23-39-18-13-27(14-19-39)40-16-5-6-17-40/h3-4,7-12,15,20,24,27,35H,5-6,13-14,16-19,21-23H2,1-2H3,(H,36,37,38). The zero-order valence-electron chi connectivity index (χ0n) is 25.6. The molecule has 0 atom stereocenters. The lowest BCUT2D eigenvalue weighted by molar-refractivity contribution is -0.119. The molecule has 2 N–H and O–H groups in total. The molecule has 4 heterocycles. The highest BCUT2D eigenvalue weighted by molar-refractivity contribution is 7.92. The third kappa shape index (κ3) is 6.87. The molecule has 0 bridgehead atoms. The Bertz CT molecular complexity index is 1720. The number of hydrogen-bond acceptors (Lipinski definition) is 8. The zero-order valence-corrected chi connectivity index (χ0v) is 26.4. The van der Waals surface area contributed by atoms with Crippen LogP contribution in [-0.2, 0) is 27.5 Å². The molecule has 9 nitrogen and oxygen atoms in total. The van der Waals surface area contributed by atoms with Crippen LogP contribution in [0.15, 0.2) is 65.7 Å². The van der Waals surface area contributed by atoms with Crippen LogP contribution >= 0.6 is 0 Å². The van der Waals surface area contributed by atoms with E-state index in [1.54, 1.807) is 44.3 Å². The predicted octanol–water partition coefficient (Wildman–Crippen LogP) is 5.15. The number of ketones is 1. The zero-order chi connectivity index (χ0) is 30.7. The third-order valence-corrected chi connectivity index (χ3v) is 11.1. The van der Waals surface area contributed by atoms with Gasteiger partial charge >= 0.3 is 0 Å². The summed E-state index contributed by atoms with van der Waals surface area (Å²) in [5.74, 6) is 1.36. The van der Waals surface area contributed by atoms with Gasteiger partial charge in [0, 0.05) is 38.2 Å². The van der Waals surface area contributed by atoms with E-state index in [1.165, 1.54) is 25.9 Å². The molecule has 2 saturated heterocycles. The Morgan fingerprint density at radius 3 is 2.50 bits per heavy atom. The topological polar surface area (TPSA) is 111 Å². The van der Waals surface area contributed by atoms with Gasteiger partial charge in [-0.25, -0.2) is 18.4 Å². The van der Waals surface area contributed by atoms with Crippen LogP contribution < -0.4 is 5.32 Å². The summed E-state index contributed by atoms with van der Waals surface area (Å²) in [6.07, 6.45) is 7.64. The van der Waals surface area contributed by atoms with Crippen molar-refractivity contribution in [1.82, 2.24) is 24.8 Å². The number of Topliss-reactive ketones (excluding diaryl/α,β-unsaturated/α-hetero) is 1. The van der Waals surface area contributed by atoms with E-state index < -0.39 is 15.1 Å². The van der Waals surface area contributed by atoms with E-state index in [0.717, 1.165) is 42.6 Å². The monoisotopic (exact) mass is 614 g/mol. The lowest BCUT2D eigenvalue weighted by Gasteiger charge is -2.36. The van der Waals surface area contributed by atoms with Gasteiger partial charge in [-0.3, -0.25) is 9.69 Å². The summed E-state index contributed by atoms with van der Waals surface area (Å²) in [4.78, 5) is 31.0. The molecule has 2 aromatic heterocycles. The number of piperidine rings is 1. The fourth-order valence-electron chi connectivity index (χ4n) is 6.48. The Morgan fingerprint density at radius 1 is 0.977 bits per heavy atom. The van der Waals surface area contributed by atoms with E-state index in [9.17, 15) is 13.2 Å². The number of nitrogens with zero attached hydrogens (tertiary/aromatic N) is 4. The molecule has 0 aliphatic carbocycles. The number of sulfone groups is 1. The molecule has 4 aromatic rings. The first-order valence-electron chi connectivity index (χ1n) is 15.8. The molecule has 0 radical (unpaired) electrons. The van der Waals surface area contributed by atoms with Crippen molar-refractivity contribution in [2.75, 3.05) is 38.0 Å². The molecule has 0 unspecified atom stereocenters. The van der Waals surface area contributed by atoms with Crippen LogP contribution in [0.1, 0.15) is 56.5 Å². The Kier molecular flexibility index (Phi) is 9.11. The number of fused-ring (bicyclic) bond motifs is 1. The molecule has 2 aliphatic heterocycles. The normalized spacial score (nSPS) is 17.1. The van der Waals surface area contributed by atoms with Crippen molar-refractivity contribution in [1.29, 1.82) is 0 Å². The maximum absolute atomic E-state index is 13.0. The lowest BCUT2D eigenvalue weighted by atomic mass is 10.0. The van der Waals surface area contributed by atoms with E-state index in [2.05, 4.69) is 26.2 Å². The summed E-state index contributed by atoms with van der Waals surface area (Å²) in [7, 11) is -3.51. The van der Waals surface area contributed by atoms with Gasteiger partial charge < -0.3 is 15.2 Å². The number of aromatic amines is 1. The van der Waals surface area contributed by atoms with Gasteiger partial charge in [0.25, 0.3) is 0 Å². The highest BCUT2D eigenvalue weighted by atomic mass is 32.2. The average molecular weight is 615 g/mol. The van der Waals surface area contributed by atoms with Crippen LogP contribution in [0.4, 0.5) is 11.5 Å². The number of rotatable bonds is 11. The molecule has 44 heavy (non-hydrogen) atoms. The van der Waals surface area contributed by atoms with Crippen LogP contribution in [0, 0.1) is 0 Å². The van der Waals surface area contributed by atoms with Crippen molar-refractivity contribution < 1.29 is 13.2 Å². The van der Waals surface area contributed by atoms with E-state index in [1.807, 2.05) is 24.3 Å². The summed E-state index contributed by atoms with van der Waals surface area (Å²) in [5.41, 5.74) is 3.93. The third-order valence-electron chi connectivity index (χ3n) is 8.89. The molecule has 2 fully saturated rings. The van der Waals surface area contributed by atoms with Gasteiger partial charge in [-0.2, -0.15) is 0 Å². The second-order valence-electron chi connectivity index (χ2n) is 12.4. The maximum Gasteiger partial charge on any atom is 0.182 e. The molecule has 6 rings (SSSR count). The number of carbonyl (C=O) groups is 1. The summed E-state index contributed by atoms with van der Waals surface area (Å²) < 4.78 is 26.1. The van der Waals surface area contributed by atoms with Crippen LogP contribution in [0.2, 0.25) is 0 Å². The first-order chi connectivity index (χ1) is 21.3. The summed E-state index contributed by atoms with van der Waals surface area (Å²) in [5, 5.41) is 2.72. The van der Waals surface area contributed by atoms with Gasteiger partial charge in [0.15, 0.2) is 21.4 Å². The molecule has 0 saturated carbocycles. The first-order valence-corrected chi connectivity index (χ1v) is 17.3. The second-order valence-corrected chi connectivity index (χ2v) is 14.9. The number of aromatic nitrogens is 3. The second kappa shape index (κ2) is 13.2. The fraction of sp³-hybridized carbons (Fsp3) is 0.441. The highest BCUT2D eigenvalue weighted by Crippen LogP contribution is 2.30. The average Bonchev–Trinajstić information content (AvgIpc) is 3.71. The number of carbonyl (C=O) groups excluding carboxylic acids is 1. The lowest BCUT2D eigenvalue weighted by Crippen LogP contribution is -2.45. The summed E-state index contributed by atoms with van der Waals surface area (Å²) in [6, 6.07) is 17.6. The van der Waals surface area contributed by atoms with E-state index in [4.69, 9.17) is 9.97 Å². The number of benzene rings is 2. The van der Waals surface area contributed by atoms with Crippen LogP contribution in [0.25, 0.3) is 11.0 Å². The largest absolute Gasteiger partial charge is 0.357 e. The molecule has 2 aromatic carbocycles. The molecular formula is C34H42N6O3S. The molecular weight excluding hydrogens is 572 g/mol. The van der Waals surface area contributed by atoms with Gasteiger partial charge in [-0.1, -0.05) is 36.4 Å². The molecule has 2 aliphatic rings. The molecule has 10 heteroatoms. The molecule has 0 amide bonds. The van der Waals surface area contributed by atoms with Crippen LogP contribution in [0.5, 0.6) is 0 Å². The van der Waals surface area contributed by atoms with Crippen molar-refractivity contribution in [3.63, 3.8) is 0 Å². The Hall–Kier alpha value is -3.60. The van der Waals surface area contributed by atoms with Gasteiger partial charge in [0.05, 0.1) is 27.9 Å². The summed E-state index contributed by atoms with van der Waals surface area (Å²) in [6.45, 7) is 8.33. The predicted molar refractivity (Wildman–Crippen MR) is 174 cm³/mol. The van der Waals surface area contributed by atoms with Gasteiger partial charge in [0.1, 0.15) is 11.3 Å². The van der Waals surface area contributed by atoms with Crippen LogP contribution in [0.3, 0.4) is 0 Å². The van der Waals surface area contributed by atoms with Gasteiger partial charge in [-0.15, -0.1) is 0 Å². The number of nitrogens with one attached hydrogen (secondary N) is 2. The maximum atomic E-state index is 13.0. The molecule has 232 valence electrons.